The fourth-order valence-corrected chi connectivity index (χ4v) is 5.86. The molecule has 2 aromatic rings. The molecule has 0 saturated carbocycles. The van der Waals surface area contributed by atoms with E-state index < -0.39 is 23.4 Å². The van der Waals surface area contributed by atoms with Crippen LogP contribution in [0.15, 0.2) is 70.9 Å². The Labute approximate surface area is 215 Å². The minimum atomic E-state index is -0.835. The molecule has 188 valence electrons. The third-order valence-electron chi connectivity index (χ3n) is 7.37. The van der Waals surface area contributed by atoms with Crippen molar-refractivity contribution >= 4 is 29.4 Å². The van der Waals surface area contributed by atoms with Crippen molar-refractivity contribution in [2.45, 2.75) is 37.3 Å². The van der Waals surface area contributed by atoms with Crippen LogP contribution in [-0.4, -0.2) is 55.4 Å². The number of hydrogen-bond acceptors (Lipinski definition) is 7. The highest BCUT2D eigenvalue weighted by molar-refractivity contribution is 6.15. The normalized spacial score (nSPS) is 21.4. The molecule has 37 heavy (non-hydrogen) atoms. The first-order valence-corrected chi connectivity index (χ1v) is 12.1. The monoisotopic (exact) mass is 497 g/mol. The molecule has 0 unspecified atom stereocenters. The Morgan fingerprint density at radius 1 is 1.05 bits per heavy atom. The van der Waals surface area contributed by atoms with Gasteiger partial charge in [-0.3, -0.25) is 9.69 Å². The summed E-state index contributed by atoms with van der Waals surface area (Å²) in [6.45, 7) is 0.854. The van der Waals surface area contributed by atoms with Gasteiger partial charge in [0.15, 0.2) is 5.70 Å². The van der Waals surface area contributed by atoms with Crippen molar-refractivity contribution in [3.8, 4) is 12.3 Å². The van der Waals surface area contributed by atoms with Gasteiger partial charge in [0.2, 0.25) is 5.91 Å². The summed E-state index contributed by atoms with van der Waals surface area (Å²) in [6, 6.07) is 17.1. The maximum atomic E-state index is 13.3. The van der Waals surface area contributed by atoms with Crippen LogP contribution in [0.4, 0.5) is 5.69 Å². The SMILES string of the molecule is C#CCCC(=O)N1CC[C@@]23C1=NC(C(=O)OC)=C(C(=O)OC)[C@@H]2N(Cc1ccccc1)c1ccccc13. The molecule has 1 saturated heterocycles. The van der Waals surface area contributed by atoms with Gasteiger partial charge in [0, 0.05) is 31.6 Å². The summed E-state index contributed by atoms with van der Waals surface area (Å²) >= 11 is 0. The molecule has 0 aliphatic carbocycles. The molecule has 3 aliphatic rings. The number of terminal acetylenes is 1. The van der Waals surface area contributed by atoms with Gasteiger partial charge in [0.05, 0.1) is 31.2 Å². The summed E-state index contributed by atoms with van der Waals surface area (Å²) < 4.78 is 10.2. The van der Waals surface area contributed by atoms with Crippen molar-refractivity contribution in [2.24, 2.45) is 4.99 Å². The van der Waals surface area contributed by atoms with Crippen molar-refractivity contribution in [2.75, 3.05) is 25.7 Å². The Kier molecular flexibility index (Phi) is 6.30. The number of esters is 2. The number of amides is 1. The smallest absolute Gasteiger partial charge is 0.357 e. The molecule has 0 bridgehead atoms. The fourth-order valence-electron chi connectivity index (χ4n) is 5.86. The van der Waals surface area contributed by atoms with Gasteiger partial charge in [0.25, 0.3) is 0 Å². The van der Waals surface area contributed by atoms with Crippen LogP contribution in [0.25, 0.3) is 0 Å². The van der Waals surface area contributed by atoms with Gasteiger partial charge in [-0.15, -0.1) is 12.3 Å². The summed E-state index contributed by atoms with van der Waals surface area (Å²) in [5, 5.41) is 0. The minimum absolute atomic E-state index is 0.128. The van der Waals surface area contributed by atoms with E-state index in [9.17, 15) is 14.4 Å². The summed E-state index contributed by atoms with van der Waals surface area (Å²) in [6.07, 6.45) is 6.39. The number of rotatable bonds is 6. The van der Waals surface area contributed by atoms with Crippen LogP contribution in [0.3, 0.4) is 0 Å². The third-order valence-corrected chi connectivity index (χ3v) is 7.37. The first-order chi connectivity index (χ1) is 18.0. The topological polar surface area (TPSA) is 88.5 Å². The third kappa shape index (κ3) is 3.70. The van der Waals surface area contributed by atoms with Crippen molar-refractivity contribution in [1.29, 1.82) is 0 Å². The number of likely N-dealkylation sites (tertiary alicyclic amines) is 1. The quantitative estimate of drug-likeness (QED) is 0.451. The van der Waals surface area contributed by atoms with E-state index in [1.807, 2.05) is 54.6 Å². The molecule has 1 amide bonds. The van der Waals surface area contributed by atoms with Crippen LogP contribution in [-0.2, 0) is 35.8 Å². The highest BCUT2D eigenvalue weighted by Gasteiger charge is 2.64. The molecule has 2 atom stereocenters. The Morgan fingerprint density at radius 2 is 1.76 bits per heavy atom. The molecule has 1 fully saturated rings. The van der Waals surface area contributed by atoms with E-state index in [1.165, 1.54) is 14.2 Å². The standard InChI is InChI=1S/C29H27N3O5/c1-4-5-15-22(33)31-17-16-29-20-13-9-10-14-21(20)32(18-19-11-7-6-8-12-19)25(29)23(26(34)36-2)24(27(35)37-3)30-28(29)31/h1,6-14,25H,5,15-18H2,2-3H3/t25-,29-/m0/s1. The lowest BCUT2D eigenvalue weighted by Crippen LogP contribution is -2.55. The number of ether oxygens (including phenoxy) is 2. The van der Waals surface area contributed by atoms with Crippen molar-refractivity contribution < 1.29 is 23.9 Å². The Morgan fingerprint density at radius 3 is 2.46 bits per heavy atom. The lowest BCUT2D eigenvalue weighted by Gasteiger charge is -2.40. The Hall–Kier alpha value is -4.38. The van der Waals surface area contributed by atoms with Gasteiger partial charge in [-0.05, 0) is 23.6 Å². The predicted octanol–water partition coefficient (Wildman–Crippen LogP) is 2.97. The summed E-state index contributed by atoms with van der Waals surface area (Å²) in [5.41, 5.74) is 2.04. The van der Waals surface area contributed by atoms with Gasteiger partial charge in [0.1, 0.15) is 5.84 Å². The van der Waals surface area contributed by atoms with E-state index in [0.717, 1.165) is 16.8 Å². The van der Waals surface area contributed by atoms with Gasteiger partial charge in [-0.2, -0.15) is 0 Å². The molecule has 8 heteroatoms. The lowest BCUT2D eigenvalue weighted by molar-refractivity contribution is -0.139. The first kappa shape index (κ1) is 24.3. The summed E-state index contributed by atoms with van der Waals surface area (Å²) in [4.78, 5) is 48.0. The molecule has 0 aromatic heterocycles. The van der Waals surface area contributed by atoms with E-state index in [4.69, 9.17) is 20.9 Å². The van der Waals surface area contributed by atoms with Crippen LogP contribution in [0.5, 0.6) is 0 Å². The van der Waals surface area contributed by atoms with Crippen molar-refractivity contribution in [3.05, 3.63) is 77.0 Å². The van der Waals surface area contributed by atoms with Crippen LogP contribution in [0.2, 0.25) is 0 Å². The van der Waals surface area contributed by atoms with E-state index in [-0.39, 0.29) is 23.6 Å². The van der Waals surface area contributed by atoms with Gasteiger partial charge >= 0.3 is 11.9 Å². The second-order valence-corrected chi connectivity index (χ2v) is 9.18. The summed E-state index contributed by atoms with van der Waals surface area (Å²) in [7, 11) is 2.52. The molecule has 5 rings (SSSR count). The average molecular weight is 498 g/mol. The summed E-state index contributed by atoms with van der Waals surface area (Å²) in [5.74, 6) is 1.36. The van der Waals surface area contributed by atoms with Crippen LogP contribution in [0.1, 0.15) is 30.4 Å². The van der Waals surface area contributed by atoms with Gasteiger partial charge in [-0.25, -0.2) is 14.6 Å². The highest BCUT2D eigenvalue weighted by atomic mass is 16.5. The molecular weight excluding hydrogens is 470 g/mol. The van der Waals surface area contributed by atoms with Crippen molar-refractivity contribution in [3.63, 3.8) is 0 Å². The van der Waals surface area contributed by atoms with E-state index >= 15 is 0 Å². The van der Waals surface area contributed by atoms with Gasteiger partial charge < -0.3 is 14.4 Å². The number of carbonyl (C=O) groups is 3. The highest BCUT2D eigenvalue weighted by Crippen LogP contribution is 2.56. The Bertz CT molecular complexity index is 1370. The van der Waals surface area contributed by atoms with E-state index in [0.29, 0.717) is 31.8 Å². The number of carbonyl (C=O) groups excluding carboxylic acids is 3. The molecule has 2 aromatic carbocycles. The molecule has 3 heterocycles. The Balaban J connectivity index is 1.77. The van der Waals surface area contributed by atoms with Crippen molar-refractivity contribution in [1.82, 2.24) is 4.90 Å². The number of benzene rings is 2. The largest absolute Gasteiger partial charge is 0.466 e. The number of hydrogen-bond donors (Lipinski definition) is 0. The zero-order valence-electron chi connectivity index (χ0n) is 20.8. The predicted molar refractivity (Wildman–Crippen MR) is 137 cm³/mol. The lowest BCUT2D eigenvalue weighted by atomic mass is 9.70. The van der Waals surface area contributed by atoms with Crippen LogP contribution >= 0.6 is 0 Å². The molecule has 3 aliphatic heterocycles. The first-order valence-electron chi connectivity index (χ1n) is 12.1. The molecule has 8 nitrogen and oxygen atoms in total. The van der Waals surface area contributed by atoms with Crippen LogP contribution < -0.4 is 4.90 Å². The fraction of sp³-hybridized carbons (Fsp3) is 0.310. The van der Waals surface area contributed by atoms with Crippen LogP contribution in [0, 0.1) is 12.3 Å². The number of aliphatic imine (C=N–C) groups is 1. The zero-order valence-corrected chi connectivity index (χ0v) is 20.8. The molecule has 0 N–H and O–H groups in total. The number of anilines is 1. The maximum Gasteiger partial charge on any atom is 0.357 e. The molecular formula is C29H27N3O5. The van der Waals surface area contributed by atoms with Gasteiger partial charge in [-0.1, -0.05) is 48.5 Å². The molecule has 0 radical (unpaired) electrons. The van der Waals surface area contributed by atoms with E-state index in [2.05, 4.69) is 10.8 Å². The number of para-hydroxylation sites is 1. The maximum absolute atomic E-state index is 13.3. The molecule has 1 spiro atoms. The average Bonchev–Trinajstić information content (AvgIpc) is 3.45. The number of fused-ring (bicyclic) bond motifs is 1. The second-order valence-electron chi connectivity index (χ2n) is 9.18. The minimum Gasteiger partial charge on any atom is -0.466 e. The number of methoxy groups -OCH3 is 2. The number of nitrogens with zero attached hydrogens (tertiary/aromatic N) is 3. The van der Waals surface area contributed by atoms with E-state index in [1.54, 1.807) is 4.90 Å². The second kappa shape index (κ2) is 9.58. The zero-order chi connectivity index (χ0) is 26.2. The number of amidine groups is 1.